The first-order chi connectivity index (χ1) is 10.4. The minimum Gasteiger partial charge on any atom is -0.377 e. The van der Waals surface area contributed by atoms with Gasteiger partial charge in [-0.25, -0.2) is 0 Å². The summed E-state index contributed by atoms with van der Waals surface area (Å²) in [6, 6.07) is -0.275. The van der Waals surface area contributed by atoms with Crippen molar-refractivity contribution in [3.63, 3.8) is 0 Å². The van der Waals surface area contributed by atoms with Gasteiger partial charge in [0, 0.05) is 19.2 Å². The molecule has 0 unspecified atom stereocenters. The van der Waals surface area contributed by atoms with Crippen molar-refractivity contribution in [2.45, 2.75) is 38.1 Å². The molecule has 0 saturated carbocycles. The molecule has 1 aromatic rings. The number of morpholine rings is 1. The van der Waals surface area contributed by atoms with Gasteiger partial charge in [0.1, 0.15) is 11.9 Å². The minimum atomic E-state index is -4.36. The summed E-state index contributed by atoms with van der Waals surface area (Å²) < 4.78 is 45.1. The van der Waals surface area contributed by atoms with Gasteiger partial charge in [-0.2, -0.15) is 18.2 Å². The lowest BCUT2D eigenvalue weighted by Crippen LogP contribution is -2.47. The van der Waals surface area contributed by atoms with Gasteiger partial charge < -0.3 is 15.0 Å². The fraction of sp³-hybridized carbons (Fsp3) is 0.692. The predicted octanol–water partition coefficient (Wildman–Crippen LogP) is 1.21. The Morgan fingerprint density at radius 2 is 2.18 bits per heavy atom. The number of halogens is 3. The van der Waals surface area contributed by atoms with E-state index in [1.54, 1.807) is 0 Å². The van der Waals surface area contributed by atoms with Crippen LogP contribution in [0.5, 0.6) is 0 Å². The van der Waals surface area contributed by atoms with Gasteiger partial charge in [-0.05, 0) is 13.3 Å². The Kier molecular flexibility index (Phi) is 3.75. The lowest BCUT2D eigenvalue weighted by molar-refractivity contribution is -0.145. The molecule has 22 heavy (non-hydrogen) atoms. The fourth-order valence-electron chi connectivity index (χ4n) is 2.77. The summed E-state index contributed by atoms with van der Waals surface area (Å²) in [6.45, 7) is 3.49. The van der Waals surface area contributed by atoms with Crippen LogP contribution in [0.4, 0.5) is 24.9 Å². The number of hydrogen-bond acceptors (Lipinski definition) is 5. The second kappa shape index (κ2) is 5.45. The lowest BCUT2D eigenvalue weighted by Gasteiger charge is -2.35. The highest BCUT2D eigenvalue weighted by Crippen LogP contribution is 2.29. The van der Waals surface area contributed by atoms with E-state index in [1.807, 2.05) is 11.8 Å². The van der Waals surface area contributed by atoms with E-state index in [0.29, 0.717) is 25.6 Å². The Morgan fingerprint density at radius 3 is 2.86 bits per heavy atom. The van der Waals surface area contributed by atoms with E-state index in [1.165, 1.54) is 10.6 Å². The van der Waals surface area contributed by atoms with Crippen LogP contribution in [0.3, 0.4) is 0 Å². The molecule has 3 rings (SSSR count). The highest BCUT2D eigenvalue weighted by Gasteiger charge is 2.42. The van der Waals surface area contributed by atoms with Crippen LogP contribution in [0, 0.1) is 0 Å². The van der Waals surface area contributed by atoms with Gasteiger partial charge in [0.2, 0.25) is 5.95 Å². The van der Waals surface area contributed by atoms with Gasteiger partial charge in [0.15, 0.2) is 0 Å². The monoisotopic (exact) mass is 318 g/mol. The zero-order chi connectivity index (χ0) is 15.9. The van der Waals surface area contributed by atoms with Gasteiger partial charge in [0.05, 0.1) is 19.3 Å². The summed E-state index contributed by atoms with van der Waals surface area (Å²) in [5, 5.41) is 2.34. The van der Waals surface area contributed by atoms with Gasteiger partial charge >= 0.3 is 6.18 Å². The number of anilines is 2. The van der Waals surface area contributed by atoms with Gasteiger partial charge in [-0.3, -0.25) is 9.36 Å². The smallest absolute Gasteiger partial charge is 0.377 e. The van der Waals surface area contributed by atoms with Crippen LogP contribution in [-0.4, -0.2) is 47.6 Å². The highest BCUT2D eigenvalue weighted by atomic mass is 19.4. The standard InChI is InChI=1S/C13H17F3N4O2/c1-8-7-22-5-4-19(8)10-6-11(21)20-3-2-9(13(14,15)16)17-12(20)18-10/h6,8-9H,2-5,7H2,1H3,(H,17,18)/t8-,9+/m1/s1. The van der Waals surface area contributed by atoms with E-state index in [-0.39, 0.29) is 30.5 Å². The summed E-state index contributed by atoms with van der Waals surface area (Å²) in [5.41, 5.74) is -0.341. The average molecular weight is 318 g/mol. The van der Waals surface area contributed by atoms with Crippen molar-refractivity contribution in [1.29, 1.82) is 0 Å². The second-order valence-corrected chi connectivity index (χ2v) is 5.57. The molecule has 6 nitrogen and oxygen atoms in total. The molecule has 1 N–H and O–H groups in total. The largest absolute Gasteiger partial charge is 0.408 e. The molecule has 2 atom stereocenters. The maximum atomic E-state index is 12.8. The highest BCUT2D eigenvalue weighted by molar-refractivity contribution is 5.45. The average Bonchev–Trinajstić information content (AvgIpc) is 2.46. The molecule has 0 aromatic carbocycles. The van der Waals surface area contributed by atoms with Gasteiger partial charge in [-0.15, -0.1) is 0 Å². The Bertz CT molecular complexity index is 616. The molecule has 0 radical (unpaired) electrons. The number of alkyl halides is 3. The van der Waals surface area contributed by atoms with Crippen LogP contribution < -0.4 is 15.8 Å². The van der Waals surface area contributed by atoms with Crippen molar-refractivity contribution in [1.82, 2.24) is 9.55 Å². The van der Waals surface area contributed by atoms with E-state index in [9.17, 15) is 18.0 Å². The predicted molar refractivity (Wildman–Crippen MR) is 74.2 cm³/mol. The molecule has 1 fully saturated rings. The number of nitrogens with zero attached hydrogens (tertiary/aromatic N) is 3. The summed E-state index contributed by atoms with van der Waals surface area (Å²) in [4.78, 5) is 18.2. The minimum absolute atomic E-state index is 0.0112. The van der Waals surface area contributed by atoms with E-state index < -0.39 is 12.2 Å². The van der Waals surface area contributed by atoms with Crippen molar-refractivity contribution in [2.75, 3.05) is 30.0 Å². The topological polar surface area (TPSA) is 59.4 Å². The van der Waals surface area contributed by atoms with Crippen molar-refractivity contribution in [2.24, 2.45) is 0 Å². The van der Waals surface area contributed by atoms with E-state index >= 15 is 0 Å². The maximum Gasteiger partial charge on any atom is 0.408 e. The number of ether oxygens (including phenoxy) is 1. The molecule has 3 heterocycles. The molecular weight excluding hydrogens is 301 g/mol. The molecule has 1 aromatic heterocycles. The van der Waals surface area contributed by atoms with Crippen LogP contribution in [0.25, 0.3) is 0 Å². The summed E-state index contributed by atoms with van der Waals surface area (Å²) >= 11 is 0. The molecular formula is C13H17F3N4O2. The number of hydrogen-bond donors (Lipinski definition) is 1. The Labute approximate surface area is 124 Å². The van der Waals surface area contributed by atoms with E-state index in [0.717, 1.165) is 0 Å². The van der Waals surface area contributed by atoms with Crippen LogP contribution >= 0.6 is 0 Å². The van der Waals surface area contributed by atoms with Crippen molar-refractivity contribution >= 4 is 11.8 Å². The molecule has 1 saturated heterocycles. The third-order valence-corrected chi connectivity index (χ3v) is 4.00. The SMILES string of the molecule is C[C@@H]1COCCN1c1cc(=O)n2c(n1)N[C@H](C(F)(F)F)CC2. The Balaban J connectivity index is 1.93. The molecule has 0 aliphatic carbocycles. The van der Waals surface area contributed by atoms with Crippen molar-refractivity contribution in [3.05, 3.63) is 16.4 Å². The van der Waals surface area contributed by atoms with Crippen molar-refractivity contribution < 1.29 is 17.9 Å². The Hall–Kier alpha value is -1.77. The van der Waals surface area contributed by atoms with Crippen LogP contribution in [-0.2, 0) is 11.3 Å². The maximum absolute atomic E-state index is 12.8. The molecule has 2 aliphatic rings. The van der Waals surface area contributed by atoms with Crippen molar-refractivity contribution in [3.8, 4) is 0 Å². The summed E-state index contributed by atoms with van der Waals surface area (Å²) in [7, 11) is 0. The van der Waals surface area contributed by atoms with E-state index in [4.69, 9.17) is 4.74 Å². The molecule has 2 aliphatic heterocycles. The number of aromatic nitrogens is 2. The summed E-state index contributed by atoms with van der Waals surface area (Å²) in [5.74, 6) is 0.372. The first kappa shape index (κ1) is 15.1. The third-order valence-electron chi connectivity index (χ3n) is 4.00. The van der Waals surface area contributed by atoms with Crippen LogP contribution in [0.1, 0.15) is 13.3 Å². The van der Waals surface area contributed by atoms with Crippen LogP contribution in [0.2, 0.25) is 0 Å². The molecule has 122 valence electrons. The zero-order valence-corrected chi connectivity index (χ0v) is 12.1. The first-order valence-electron chi connectivity index (χ1n) is 7.16. The number of fused-ring (bicyclic) bond motifs is 1. The van der Waals surface area contributed by atoms with E-state index in [2.05, 4.69) is 10.3 Å². The number of nitrogens with one attached hydrogen (secondary N) is 1. The quantitative estimate of drug-likeness (QED) is 0.843. The zero-order valence-electron chi connectivity index (χ0n) is 12.1. The molecule has 9 heteroatoms. The number of rotatable bonds is 1. The Morgan fingerprint density at radius 1 is 1.41 bits per heavy atom. The summed E-state index contributed by atoms with van der Waals surface area (Å²) in [6.07, 6.45) is -4.53. The van der Waals surface area contributed by atoms with Gasteiger partial charge in [0.25, 0.3) is 5.56 Å². The second-order valence-electron chi connectivity index (χ2n) is 5.57. The van der Waals surface area contributed by atoms with Crippen LogP contribution in [0.15, 0.2) is 10.9 Å². The molecule has 0 spiro atoms. The fourth-order valence-corrected chi connectivity index (χ4v) is 2.77. The molecule has 0 amide bonds. The molecule has 0 bridgehead atoms. The van der Waals surface area contributed by atoms with Gasteiger partial charge in [-0.1, -0.05) is 0 Å². The normalized spacial score (nSPS) is 25.5. The first-order valence-corrected chi connectivity index (χ1v) is 7.16. The lowest BCUT2D eigenvalue weighted by atomic mass is 10.1. The third kappa shape index (κ3) is 2.77.